The molecule has 152 valence electrons. The van der Waals surface area contributed by atoms with Gasteiger partial charge >= 0.3 is 6.09 Å². The summed E-state index contributed by atoms with van der Waals surface area (Å²) in [6.45, 7) is 5.53. The van der Waals surface area contributed by atoms with Gasteiger partial charge in [0.2, 0.25) is 0 Å². The van der Waals surface area contributed by atoms with Crippen LogP contribution < -0.4 is 10.1 Å². The molecule has 3 aromatic rings. The van der Waals surface area contributed by atoms with Crippen molar-refractivity contribution in [2.24, 2.45) is 0 Å². The normalized spacial score (nSPS) is 18.9. The fraction of sp³-hybridized carbons (Fsp3) is 0.364. The summed E-state index contributed by atoms with van der Waals surface area (Å²) in [5.41, 5.74) is 2.32. The smallest absolute Gasteiger partial charge is 0.407 e. The standard InChI is InChI=1S/C22H25N3O4/c1-22(2,3)29-21(27)24-16-9-18(10-16)28-20-8-15(12-25-13-23-11-19(20)25)14-4-6-17(26)7-5-14/h4-8,11-13,16,18,26H,9-10H2,1-3H3,(H,24,27). The topological polar surface area (TPSA) is 85.1 Å². The number of ether oxygens (including phenoxy) is 2. The highest BCUT2D eigenvalue weighted by Gasteiger charge is 2.33. The van der Waals surface area contributed by atoms with Crippen LogP contribution in [-0.2, 0) is 4.74 Å². The number of pyridine rings is 1. The number of nitrogens with zero attached hydrogens (tertiary/aromatic N) is 2. The van der Waals surface area contributed by atoms with Crippen LogP contribution in [0.5, 0.6) is 11.5 Å². The molecule has 0 radical (unpaired) electrons. The van der Waals surface area contributed by atoms with Crippen LogP contribution in [0, 0.1) is 0 Å². The van der Waals surface area contributed by atoms with Crippen LogP contribution >= 0.6 is 0 Å². The lowest BCUT2D eigenvalue weighted by atomic mass is 9.89. The molecule has 2 heterocycles. The molecule has 0 saturated heterocycles. The van der Waals surface area contributed by atoms with E-state index in [1.54, 1.807) is 24.7 Å². The third-order valence-corrected chi connectivity index (χ3v) is 4.79. The number of hydrogen-bond acceptors (Lipinski definition) is 5. The van der Waals surface area contributed by atoms with Crippen molar-refractivity contribution in [3.8, 4) is 22.6 Å². The zero-order chi connectivity index (χ0) is 20.6. The SMILES string of the molecule is CC(C)(C)OC(=O)NC1CC(Oc2cc(-c3ccc(O)cc3)cn3cncc23)C1. The highest BCUT2D eigenvalue weighted by atomic mass is 16.6. The van der Waals surface area contributed by atoms with Crippen molar-refractivity contribution in [2.45, 2.75) is 51.4 Å². The number of benzene rings is 1. The summed E-state index contributed by atoms with van der Waals surface area (Å²) in [6, 6.07) is 9.08. The first kappa shape index (κ1) is 19.1. The predicted molar refractivity (Wildman–Crippen MR) is 109 cm³/mol. The number of carbonyl (C=O) groups is 1. The maximum Gasteiger partial charge on any atom is 0.407 e. The first-order valence-corrected chi connectivity index (χ1v) is 9.68. The van der Waals surface area contributed by atoms with Gasteiger partial charge in [0.15, 0.2) is 0 Å². The number of phenolic OH excluding ortho intramolecular Hbond substituents is 1. The monoisotopic (exact) mass is 395 g/mol. The Balaban J connectivity index is 1.44. The average molecular weight is 395 g/mol. The van der Waals surface area contributed by atoms with Gasteiger partial charge in [-0.2, -0.15) is 0 Å². The molecule has 0 spiro atoms. The van der Waals surface area contributed by atoms with Crippen LogP contribution in [0.2, 0.25) is 0 Å². The molecule has 0 aliphatic heterocycles. The second-order valence-electron chi connectivity index (χ2n) is 8.38. The van der Waals surface area contributed by atoms with E-state index >= 15 is 0 Å². The number of aromatic nitrogens is 2. The largest absolute Gasteiger partial charge is 0.508 e. The zero-order valence-corrected chi connectivity index (χ0v) is 16.8. The Labute approximate surface area is 169 Å². The number of alkyl carbamates (subject to hydrolysis) is 1. The van der Waals surface area contributed by atoms with Gasteiger partial charge in [-0.3, -0.25) is 0 Å². The quantitative estimate of drug-likeness (QED) is 0.693. The minimum absolute atomic E-state index is 0.0173. The molecule has 1 aliphatic rings. The Morgan fingerprint density at radius 3 is 2.62 bits per heavy atom. The third-order valence-electron chi connectivity index (χ3n) is 4.79. The lowest BCUT2D eigenvalue weighted by Crippen LogP contribution is -2.50. The molecule has 1 aliphatic carbocycles. The second-order valence-corrected chi connectivity index (χ2v) is 8.38. The van der Waals surface area contributed by atoms with E-state index in [-0.39, 0.29) is 17.9 Å². The lowest BCUT2D eigenvalue weighted by molar-refractivity contribution is 0.0365. The number of aromatic hydroxyl groups is 1. The van der Waals surface area contributed by atoms with Gasteiger partial charge in [-0.25, -0.2) is 9.78 Å². The summed E-state index contributed by atoms with van der Waals surface area (Å²) in [5, 5.41) is 12.4. The summed E-state index contributed by atoms with van der Waals surface area (Å²) in [4.78, 5) is 16.1. The molecule has 1 saturated carbocycles. The Kier molecular flexibility index (Phi) is 4.82. The van der Waals surface area contributed by atoms with Crippen molar-refractivity contribution in [3.05, 3.63) is 49.1 Å². The molecule has 7 nitrogen and oxygen atoms in total. The summed E-state index contributed by atoms with van der Waals surface area (Å²) in [6.07, 6.45) is 6.56. The van der Waals surface area contributed by atoms with Crippen LogP contribution in [0.4, 0.5) is 4.79 Å². The molecule has 0 unspecified atom stereocenters. The number of carbonyl (C=O) groups excluding carboxylic acids is 1. The van der Waals surface area contributed by atoms with Gasteiger partial charge in [0.25, 0.3) is 0 Å². The molecule has 2 N–H and O–H groups in total. The Morgan fingerprint density at radius 1 is 1.21 bits per heavy atom. The molecule has 1 amide bonds. The van der Waals surface area contributed by atoms with E-state index in [4.69, 9.17) is 9.47 Å². The van der Waals surface area contributed by atoms with Gasteiger partial charge in [0.1, 0.15) is 28.7 Å². The van der Waals surface area contributed by atoms with Crippen LogP contribution in [0.1, 0.15) is 33.6 Å². The van der Waals surface area contributed by atoms with Crippen molar-refractivity contribution in [3.63, 3.8) is 0 Å². The number of hydrogen-bond donors (Lipinski definition) is 2. The second kappa shape index (κ2) is 7.31. The molecule has 1 aromatic carbocycles. The van der Waals surface area contributed by atoms with Crippen molar-refractivity contribution in [2.75, 3.05) is 0 Å². The van der Waals surface area contributed by atoms with Gasteiger partial charge in [-0.1, -0.05) is 12.1 Å². The molecule has 4 rings (SSSR count). The first-order valence-electron chi connectivity index (χ1n) is 9.68. The molecule has 7 heteroatoms. The summed E-state index contributed by atoms with van der Waals surface area (Å²) < 4.78 is 13.4. The molecule has 0 bridgehead atoms. The number of fused-ring (bicyclic) bond motifs is 1. The summed E-state index contributed by atoms with van der Waals surface area (Å²) >= 11 is 0. The van der Waals surface area contributed by atoms with E-state index in [0.29, 0.717) is 0 Å². The molecule has 29 heavy (non-hydrogen) atoms. The van der Waals surface area contributed by atoms with E-state index < -0.39 is 11.7 Å². The predicted octanol–water partition coefficient (Wildman–Crippen LogP) is 4.14. The molecule has 0 atom stereocenters. The summed E-state index contributed by atoms with van der Waals surface area (Å²) in [5.74, 6) is 0.973. The number of phenols is 1. The zero-order valence-electron chi connectivity index (χ0n) is 16.8. The summed E-state index contributed by atoms with van der Waals surface area (Å²) in [7, 11) is 0. The molecular weight excluding hydrogens is 370 g/mol. The van der Waals surface area contributed by atoms with Gasteiger partial charge < -0.3 is 24.3 Å². The van der Waals surface area contributed by atoms with Crippen molar-refractivity contribution >= 4 is 11.6 Å². The Morgan fingerprint density at radius 2 is 1.93 bits per heavy atom. The minimum Gasteiger partial charge on any atom is -0.508 e. The van der Waals surface area contributed by atoms with Crippen molar-refractivity contribution < 1.29 is 19.4 Å². The van der Waals surface area contributed by atoms with Crippen molar-refractivity contribution in [1.29, 1.82) is 0 Å². The fourth-order valence-corrected chi connectivity index (χ4v) is 3.34. The average Bonchev–Trinajstić information content (AvgIpc) is 3.07. The van der Waals surface area contributed by atoms with Gasteiger partial charge in [-0.05, 0) is 44.5 Å². The third kappa shape index (κ3) is 4.45. The van der Waals surface area contributed by atoms with Crippen LogP contribution in [0.3, 0.4) is 0 Å². The maximum absolute atomic E-state index is 11.9. The Hall–Kier alpha value is -3.22. The molecule has 1 fully saturated rings. The lowest BCUT2D eigenvalue weighted by Gasteiger charge is -2.36. The van der Waals surface area contributed by atoms with Crippen LogP contribution in [-0.4, -0.2) is 38.3 Å². The fourth-order valence-electron chi connectivity index (χ4n) is 3.34. The number of amides is 1. The molecular formula is C22H25N3O4. The van der Waals surface area contributed by atoms with Gasteiger partial charge in [-0.15, -0.1) is 0 Å². The number of imidazole rings is 1. The van der Waals surface area contributed by atoms with E-state index in [0.717, 1.165) is 35.2 Å². The Bertz CT molecular complexity index is 1010. The number of rotatable bonds is 4. The van der Waals surface area contributed by atoms with Crippen LogP contribution in [0.25, 0.3) is 16.6 Å². The van der Waals surface area contributed by atoms with Crippen molar-refractivity contribution in [1.82, 2.24) is 14.7 Å². The maximum atomic E-state index is 11.9. The van der Waals surface area contributed by atoms with E-state index in [2.05, 4.69) is 10.3 Å². The van der Waals surface area contributed by atoms with Gasteiger partial charge in [0.05, 0.1) is 12.5 Å². The number of nitrogens with one attached hydrogen (secondary N) is 1. The van der Waals surface area contributed by atoms with E-state index in [1.807, 2.05) is 49.6 Å². The molecule has 2 aromatic heterocycles. The highest BCUT2D eigenvalue weighted by Crippen LogP contribution is 2.33. The first-order chi connectivity index (χ1) is 13.8. The van der Waals surface area contributed by atoms with Gasteiger partial charge in [0, 0.05) is 30.6 Å². The van der Waals surface area contributed by atoms with E-state index in [9.17, 15) is 9.90 Å². The van der Waals surface area contributed by atoms with Crippen LogP contribution in [0.15, 0.2) is 49.1 Å². The minimum atomic E-state index is -0.508. The highest BCUT2D eigenvalue weighted by molar-refractivity contribution is 5.71. The van der Waals surface area contributed by atoms with E-state index in [1.165, 1.54) is 0 Å².